The number of halogens is 1. The maximum absolute atomic E-state index is 13.5. The number of nitrogens with zero attached hydrogens (tertiary/aromatic N) is 3. The van der Waals surface area contributed by atoms with Gasteiger partial charge in [-0.3, -0.25) is 14.4 Å². The van der Waals surface area contributed by atoms with E-state index in [4.69, 9.17) is 0 Å². The smallest absolute Gasteiger partial charge is 0.257 e. The van der Waals surface area contributed by atoms with Crippen molar-refractivity contribution in [1.82, 2.24) is 19.7 Å². The molecule has 0 bridgehead atoms. The van der Waals surface area contributed by atoms with Gasteiger partial charge in [-0.25, -0.2) is 4.39 Å². The Bertz CT molecular complexity index is 921. The van der Waals surface area contributed by atoms with E-state index in [-0.39, 0.29) is 5.56 Å². The molecule has 1 aliphatic rings. The number of hydrogen-bond acceptors (Lipinski definition) is 3. The van der Waals surface area contributed by atoms with Gasteiger partial charge in [-0.2, -0.15) is 5.10 Å². The second kappa shape index (κ2) is 4.91. The molecule has 1 N–H and O–H groups in total. The fraction of sp³-hybridized carbons (Fsp3) is 0.312. The Morgan fingerprint density at radius 2 is 2.23 bits per heavy atom. The molecule has 5 nitrogen and oxygen atoms in total. The summed E-state index contributed by atoms with van der Waals surface area (Å²) in [6, 6.07) is 4.35. The van der Waals surface area contributed by atoms with Crippen LogP contribution >= 0.6 is 0 Å². The minimum absolute atomic E-state index is 0.286. The molecule has 0 spiro atoms. The molecular formula is C16H16FN4O. The maximum Gasteiger partial charge on any atom is 0.257 e. The van der Waals surface area contributed by atoms with E-state index in [0.717, 1.165) is 42.5 Å². The van der Waals surface area contributed by atoms with E-state index >= 15 is 0 Å². The van der Waals surface area contributed by atoms with E-state index in [1.54, 1.807) is 10.7 Å². The van der Waals surface area contributed by atoms with Crippen molar-refractivity contribution in [3.63, 3.8) is 0 Å². The van der Waals surface area contributed by atoms with Crippen LogP contribution in [0.3, 0.4) is 0 Å². The zero-order valence-corrected chi connectivity index (χ0v) is 12.3. The monoisotopic (exact) mass is 299 g/mol. The number of aromatic nitrogens is 3. The van der Waals surface area contributed by atoms with Crippen molar-refractivity contribution >= 4 is 21.8 Å². The average Bonchev–Trinajstić information content (AvgIpc) is 3.09. The fourth-order valence-corrected chi connectivity index (χ4v) is 3.21. The summed E-state index contributed by atoms with van der Waals surface area (Å²) in [4.78, 5) is 17.3. The fourth-order valence-electron chi connectivity index (χ4n) is 3.21. The maximum atomic E-state index is 13.5. The van der Waals surface area contributed by atoms with Crippen molar-refractivity contribution in [3.8, 4) is 0 Å². The molecule has 3 aromatic rings. The van der Waals surface area contributed by atoms with Crippen molar-refractivity contribution in [2.24, 2.45) is 7.05 Å². The van der Waals surface area contributed by atoms with Crippen molar-refractivity contribution in [2.75, 3.05) is 13.1 Å². The third-order valence-electron chi connectivity index (χ3n) is 4.26. The van der Waals surface area contributed by atoms with E-state index < -0.39 is 5.82 Å². The van der Waals surface area contributed by atoms with Gasteiger partial charge in [0.1, 0.15) is 11.5 Å². The summed E-state index contributed by atoms with van der Waals surface area (Å²) in [5.74, 6) is -0.406. The highest BCUT2D eigenvalue weighted by Gasteiger charge is 2.19. The van der Waals surface area contributed by atoms with Crippen LogP contribution in [0, 0.1) is 12.2 Å². The Morgan fingerprint density at radius 3 is 3.00 bits per heavy atom. The van der Waals surface area contributed by atoms with Crippen LogP contribution in [-0.4, -0.2) is 32.8 Å². The number of aromatic amines is 1. The molecule has 1 aliphatic heterocycles. The lowest BCUT2D eigenvalue weighted by atomic mass is 10.1. The van der Waals surface area contributed by atoms with E-state index in [0.29, 0.717) is 11.0 Å². The van der Waals surface area contributed by atoms with Crippen molar-refractivity contribution in [1.29, 1.82) is 0 Å². The third kappa shape index (κ3) is 2.02. The molecule has 1 aromatic carbocycles. The molecule has 4 rings (SSSR count). The van der Waals surface area contributed by atoms with Gasteiger partial charge in [0.2, 0.25) is 0 Å². The Balaban J connectivity index is 1.99. The molecule has 2 aromatic heterocycles. The van der Waals surface area contributed by atoms with Gasteiger partial charge >= 0.3 is 0 Å². The summed E-state index contributed by atoms with van der Waals surface area (Å²) in [5, 5.41) is 6.60. The van der Waals surface area contributed by atoms with Crippen LogP contribution in [-0.2, 0) is 13.6 Å². The number of rotatable bonds is 2. The Morgan fingerprint density at radius 1 is 1.36 bits per heavy atom. The van der Waals surface area contributed by atoms with Crippen LogP contribution < -0.4 is 5.56 Å². The van der Waals surface area contributed by atoms with Gasteiger partial charge < -0.3 is 4.98 Å². The Kier molecular flexibility index (Phi) is 3.00. The normalized spacial score (nSPS) is 16.1. The van der Waals surface area contributed by atoms with Gasteiger partial charge in [-0.15, -0.1) is 0 Å². The molecule has 22 heavy (non-hydrogen) atoms. The van der Waals surface area contributed by atoms with Gasteiger partial charge in [0, 0.05) is 30.9 Å². The lowest BCUT2D eigenvalue weighted by Gasteiger charge is -2.12. The van der Waals surface area contributed by atoms with Gasteiger partial charge in [0.15, 0.2) is 0 Å². The summed E-state index contributed by atoms with van der Waals surface area (Å²) in [6.07, 6.45) is 3.34. The molecule has 0 amide bonds. The molecule has 1 radical (unpaired) electrons. The van der Waals surface area contributed by atoms with Crippen LogP contribution in [0.4, 0.5) is 4.39 Å². The average molecular weight is 299 g/mol. The number of nitrogens with one attached hydrogen (secondary N) is 1. The molecule has 0 atom stereocenters. The summed E-state index contributed by atoms with van der Waals surface area (Å²) >= 11 is 0. The van der Waals surface area contributed by atoms with Crippen LogP contribution in [0.15, 0.2) is 23.0 Å². The lowest BCUT2D eigenvalue weighted by molar-refractivity contribution is 0.332. The first-order valence-corrected chi connectivity index (χ1v) is 7.34. The van der Waals surface area contributed by atoms with Crippen molar-refractivity contribution < 1.29 is 4.39 Å². The van der Waals surface area contributed by atoms with Crippen molar-refractivity contribution in [3.05, 3.63) is 46.5 Å². The van der Waals surface area contributed by atoms with Gasteiger partial charge in [-0.05, 0) is 31.5 Å². The molecule has 113 valence electrons. The quantitative estimate of drug-likeness (QED) is 0.787. The van der Waals surface area contributed by atoms with Crippen LogP contribution in [0.5, 0.6) is 0 Å². The van der Waals surface area contributed by atoms with Gasteiger partial charge in [0.25, 0.3) is 5.56 Å². The first kappa shape index (κ1) is 13.5. The second-order valence-electron chi connectivity index (χ2n) is 5.75. The molecular weight excluding hydrogens is 283 g/mol. The number of aryl methyl sites for hydroxylation is 1. The minimum Gasteiger partial charge on any atom is -0.306 e. The van der Waals surface area contributed by atoms with Gasteiger partial charge in [-0.1, -0.05) is 6.07 Å². The van der Waals surface area contributed by atoms with E-state index in [1.807, 2.05) is 7.05 Å². The van der Waals surface area contributed by atoms with Crippen LogP contribution in [0.25, 0.3) is 21.8 Å². The highest BCUT2D eigenvalue weighted by Crippen LogP contribution is 2.26. The molecule has 1 saturated heterocycles. The number of H-pyrrole nitrogens is 1. The highest BCUT2D eigenvalue weighted by atomic mass is 19.1. The second-order valence-corrected chi connectivity index (χ2v) is 5.75. The standard InChI is InChI=1S/C16H16FN4O/c1-20-15-14(13(19-20)9-21-6-2-3-7-21)11-5-4-10(17)8-12(11)16(22)18-15/h2,4-5,8H,3,6-7,9H2,1H3,(H,18,22). The molecule has 3 heterocycles. The zero-order valence-electron chi connectivity index (χ0n) is 12.3. The molecule has 1 fully saturated rings. The number of likely N-dealkylation sites (tertiary alicyclic amines) is 1. The summed E-state index contributed by atoms with van der Waals surface area (Å²) in [5.41, 5.74) is 1.31. The first-order chi connectivity index (χ1) is 10.6. The predicted octanol–water partition coefficient (Wildman–Crippen LogP) is 1.96. The molecule has 0 aliphatic carbocycles. The Hall–Kier alpha value is -2.21. The Labute approximate surface area is 126 Å². The molecule has 0 saturated carbocycles. The minimum atomic E-state index is -0.406. The summed E-state index contributed by atoms with van der Waals surface area (Å²) in [6.45, 7) is 2.70. The molecule has 0 unspecified atom stereocenters. The summed E-state index contributed by atoms with van der Waals surface area (Å²) < 4.78 is 15.2. The van der Waals surface area contributed by atoms with E-state index in [1.165, 1.54) is 12.1 Å². The third-order valence-corrected chi connectivity index (χ3v) is 4.26. The first-order valence-electron chi connectivity index (χ1n) is 7.34. The SMILES string of the molecule is Cn1nc(CN2C[CH]CC2)c2c3ccc(F)cc3c(=O)[nH]c21. The number of pyridine rings is 1. The van der Waals surface area contributed by atoms with Gasteiger partial charge in [0.05, 0.1) is 11.1 Å². The van der Waals surface area contributed by atoms with E-state index in [2.05, 4.69) is 21.4 Å². The summed E-state index contributed by atoms with van der Waals surface area (Å²) in [7, 11) is 1.81. The predicted molar refractivity (Wildman–Crippen MR) is 83.0 cm³/mol. The number of hydrogen-bond donors (Lipinski definition) is 1. The van der Waals surface area contributed by atoms with Crippen LogP contribution in [0.2, 0.25) is 0 Å². The highest BCUT2D eigenvalue weighted by molar-refractivity contribution is 6.05. The van der Waals surface area contributed by atoms with Crippen LogP contribution in [0.1, 0.15) is 12.1 Å². The topological polar surface area (TPSA) is 53.9 Å². The number of benzene rings is 1. The van der Waals surface area contributed by atoms with Crippen molar-refractivity contribution in [2.45, 2.75) is 13.0 Å². The zero-order chi connectivity index (χ0) is 15.3. The molecule has 6 heteroatoms. The number of fused-ring (bicyclic) bond motifs is 3. The largest absolute Gasteiger partial charge is 0.306 e. The van der Waals surface area contributed by atoms with E-state index in [9.17, 15) is 9.18 Å². The lowest BCUT2D eigenvalue weighted by Crippen LogP contribution is -2.19.